The number of esters is 1. The van der Waals surface area contributed by atoms with Gasteiger partial charge in [0.15, 0.2) is 0 Å². The topological polar surface area (TPSA) is 69.4 Å². The van der Waals surface area contributed by atoms with Gasteiger partial charge in [0.2, 0.25) is 0 Å². The Labute approximate surface area is 81.6 Å². The van der Waals surface area contributed by atoms with Gasteiger partial charge in [-0.05, 0) is 19.8 Å². The number of carbonyl (C=O) groups excluding carboxylic acids is 1. The highest BCUT2D eigenvalue weighted by atomic mass is 16.6. The fraction of sp³-hybridized carbons (Fsp3) is 0.889. The van der Waals surface area contributed by atoms with E-state index < -0.39 is 16.4 Å². The number of ether oxygens (including phenoxy) is 1. The van der Waals surface area contributed by atoms with Crippen molar-refractivity contribution in [3.63, 3.8) is 0 Å². The summed E-state index contributed by atoms with van der Waals surface area (Å²) in [7, 11) is 0. The normalized spacial score (nSPS) is 32.1. The van der Waals surface area contributed by atoms with E-state index >= 15 is 0 Å². The number of rotatable bonds is 3. The minimum absolute atomic E-state index is 0.213. The van der Waals surface area contributed by atoms with Gasteiger partial charge in [0.25, 0.3) is 0 Å². The number of hydrogen-bond donors (Lipinski definition) is 0. The molecule has 2 aliphatic rings. The van der Waals surface area contributed by atoms with Crippen LogP contribution in [0.3, 0.4) is 0 Å². The zero-order valence-corrected chi connectivity index (χ0v) is 8.12. The van der Waals surface area contributed by atoms with Crippen molar-refractivity contribution in [3.8, 4) is 0 Å². The zero-order valence-electron chi connectivity index (χ0n) is 8.12. The Kier molecular flexibility index (Phi) is 1.81. The Bertz CT molecular complexity index is 297. The molecular weight excluding hydrogens is 186 g/mol. The summed E-state index contributed by atoms with van der Waals surface area (Å²) in [6, 6.07) is 0. The maximum atomic E-state index is 11.5. The van der Waals surface area contributed by atoms with Crippen molar-refractivity contribution in [2.75, 3.05) is 6.61 Å². The molecule has 1 atom stereocenters. The zero-order chi connectivity index (χ0) is 10.4. The quantitative estimate of drug-likeness (QED) is 0.388. The van der Waals surface area contributed by atoms with Gasteiger partial charge in [-0.25, -0.2) is 4.79 Å². The van der Waals surface area contributed by atoms with Crippen molar-refractivity contribution in [1.29, 1.82) is 0 Å². The molecule has 0 aliphatic heterocycles. The van der Waals surface area contributed by atoms with Crippen LogP contribution in [0, 0.1) is 15.5 Å². The molecule has 78 valence electrons. The molecule has 2 saturated carbocycles. The van der Waals surface area contributed by atoms with E-state index in [1.54, 1.807) is 6.92 Å². The van der Waals surface area contributed by atoms with Crippen LogP contribution in [0.2, 0.25) is 0 Å². The van der Waals surface area contributed by atoms with Crippen molar-refractivity contribution in [2.24, 2.45) is 5.41 Å². The number of hydrogen-bond acceptors (Lipinski definition) is 4. The predicted octanol–water partition coefficient (Wildman–Crippen LogP) is 1.14. The van der Waals surface area contributed by atoms with Crippen LogP contribution in [0.5, 0.6) is 0 Å². The SMILES string of the molecule is CCOC(=O)C1([N+](=O)[O-])CC12CCC2. The molecule has 2 rings (SSSR count). The summed E-state index contributed by atoms with van der Waals surface area (Å²) < 4.78 is 4.78. The first kappa shape index (κ1) is 9.43. The highest BCUT2D eigenvalue weighted by molar-refractivity contribution is 5.85. The molecule has 5 nitrogen and oxygen atoms in total. The number of nitrogens with zero attached hydrogens (tertiary/aromatic N) is 1. The molecule has 0 aromatic heterocycles. The van der Waals surface area contributed by atoms with E-state index in [0.29, 0.717) is 6.42 Å². The van der Waals surface area contributed by atoms with Gasteiger partial charge in [-0.2, -0.15) is 0 Å². The molecule has 0 aromatic rings. The van der Waals surface area contributed by atoms with Gasteiger partial charge in [-0.1, -0.05) is 6.42 Å². The minimum Gasteiger partial charge on any atom is -0.461 e. The Morgan fingerprint density at radius 3 is 2.50 bits per heavy atom. The Morgan fingerprint density at radius 1 is 1.57 bits per heavy atom. The van der Waals surface area contributed by atoms with Crippen LogP contribution in [0.25, 0.3) is 0 Å². The van der Waals surface area contributed by atoms with E-state index in [1.807, 2.05) is 0 Å². The highest BCUT2D eigenvalue weighted by Gasteiger charge is 2.85. The van der Waals surface area contributed by atoms with E-state index in [0.717, 1.165) is 19.3 Å². The first-order valence-corrected chi connectivity index (χ1v) is 4.91. The maximum Gasteiger partial charge on any atom is 0.385 e. The van der Waals surface area contributed by atoms with Gasteiger partial charge in [0.05, 0.1) is 12.0 Å². The van der Waals surface area contributed by atoms with Gasteiger partial charge in [0.1, 0.15) is 0 Å². The second kappa shape index (κ2) is 2.68. The third-order valence-corrected chi connectivity index (χ3v) is 3.58. The predicted molar refractivity (Wildman–Crippen MR) is 47.3 cm³/mol. The van der Waals surface area contributed by atoms with E-state index in [9.17, 15) is 14.9 Å². The smallest absolute Gasteiger partial charge is 0.385 e. The molecule has 0 amide bonds. The average Bonchev–Trinajstić information content (AvgIpc) is 2.74. The largest absolute Gasteiger partial charge is 0.461 e. The lowest BCUT2D eigenvalue weighted by atomic mass is 9.78. The van der Waals surface area contributed by atoms with Crippen LogP contribution < -0.4 is 0 Å². The lowest BCUT2D eigenvalue weighted by molar-refractivity contribution is -0.535. The van der Waals surface area contributed by atoms with Crippen molar-refractivity contribution in [1.82, 2.24) is 0 Å². The average molecular weight is 199 g/mol. The van der Waals surface area contributed by atoms with Gasteiger partial charge >= 0.3 is 11.5 Å². The standard InChI is InChI=1S/C9H13NO4/c1-2-14-7(11)9(10(12)13)6-8(9)4-3-5-8/h2-6H2,1H3. The lowest BCUT2D eigenvalue weighted by Gasteiger charge is -2.26. The summed E-state index contributed by atoms with van der Waals surface area (Å²) >= 11 is 0. The molecule has 5 heteroatoms. The minimum atomic E-state index is -1.39. The van der Waals surface area contributed by atoms with Crippen molar-refractivity contribution >= 4 is 5.97 Å². The van der Waals surface area contributed by atoms with E-state index in [-0.39, 0.29) is 12.0 Å². The second-order valence-corrected chi connectivity index (χ2v) is 4.15. The van der Waals surface area contributed by atoms with Crippen molar-refractivity contribution in [3.05, 3.63) is 10.1 Å². The van der Waals surface area contributed by atoms with Crippen LogP contribution in [0.1, 0.15) is 32.6 Å². The van der Waals surface area contributed by atoms with Gasteiger partial charge in [-0.15, -0.1) is 0 Å². The van der Waals surface area contributed by atoms with Gasteiger partial charge < -0.3 is 4.74 Å². The van der Waals surface area contributed by atoms with Crippen LogP contribution >= 0.6 is 0 Å². The summed E-state index contributed by atoms with van der Waals surface area (Å²) in [6.45, 7) is 1.88. The maximum absolute atomic E-state index is 11.5. The summed E-state index contributed by atoms with van der Waals surface area (Å²) in [6.07, 6.45) is 2.97. The molecule has 2 aliphatic carbocycles. The number of nitro groups is 1. The fourth-order valence-electron chi connectivity index (χ4n) is 2.51. The summed E-state index contributed by atoms with van der Waals surface area (Å²) in [5, 5.41) is 10.9. The Morgan fingerprint density at radius 2 is 2.21 bits per heavy atom. The fourth-order valence-corrected chi connectivity index (χ4v) is 2.51. The first-order chi connectivity index (χ1) is 6.59. The molecule has 0 heterocycles. The number of carbonyl (C=O) groups is 1. The first-order valence-electron chi connectivity index (χ1n) is 4.91. The van der Waals surface area contributed by atoms with E-state index in [4.69, 9.17) is 4.74 Å². The summed E-state index contributed by atoms with van der Waals surface area (Å²) in [5.74, 6) is -0.635. The molecule has 0 N–H and O–H groups in total. The van der Waals surface area contributed by atoms with E-state index in [1.165, 1.54) is 0 Å². The third kappa shape index (κ3) is 0.871. The monoisotopic (exact) mass is 199 g/mol. The molecule has 0 radical (unpaired) electrons. The van der Waals surface area contributed by atoms with Gasteiger partial charge in [-0.3, -0.25) is 10.1 Å². The second-order valence-electron chi connectivity index (χ2n) is 4.15. The van der Waals surface area contributed by atoms with Crippen LogP contribution in [0.15, 0.2) is 0 Å². The van der Waals surface area contributed by atoms with E-state index in [2.05, 4.69) is 0 Å². The van der Waals surface area contributed by atoms with Crippen LogP contribution in [0.4, 0.5) is 0 Å². The molecule has 14 heavy (non-hydrogen) atoms. The molecule has 0 saturated heterocycles. The van der Waals surface area contributed by atoms with Crippen molar-refractivity contribution < 1.29 is 14.5 Å². The lowest BCUT2D eigenvalue weighted by Crippen LogP contribution is -2.42. The Balaban J connectivity index is 2.18. The molecule has 0 aromatic carbocycles. The molecule has 2 fully saturated rings. The summed E-state index contributed by atoms with van der Waals surface area (Å²) in [4.78, 5) is 22.0. The Hall–Kier alpha value is -1.13. The highest BCUT2D eigenvalue weighted by Crippen LogP contribution is 2.69. The van der Waals surface area contributed by atoms with Crippen LogP contribution in [-0.2, 0) is 9.53 Å². The third-order valence-electron chi connectivity index (χ3n) is 3.58. The molecular formula is C9H13NO4. The molecule has 1 unspecified atom stereocenters. The van der Waals surface area contributed by atoms with Crippen LogP contribution in [-0.4, -0.2) is 23.0 Å². The molecule has 0 bridgehead atoms. The molecule has 1 spiro atoms. The summed E-state index contributed by atoms with van der Waals surface area (Å²) in [5.41, 5.74) is -1.73. The van der Waals surface area contributed by atoms with Gasteiger partial charge in [0, 0.05) is 11.3 Å². The van der Waals surface area contributed by atoms with Crippen molar-refractivity contribution in [2.45, 2.75) is 38.1 Å².